The molecule has 0 unspecified atom stereocenters. The SMILES string of the molecule is O=c1c2c(nc3[nH]c(-c4ccc(-c5ccccc5)cc4)cn13)N(COC(CO)CO)CN2. The van der Waals surface area contributed by atoms with E-state index >= 15 is 0 Å². The molecule has 0 spiro atoms. The molecule has 9 heteroatoms. The maximum absolute atomic E-state index is 13.0. The third kappa shape index (κ3) is 3.62. The summed E-state index contributed by atoms with van der Waals surface area (Å²) in [5.41, 5.74) is 4.15. The summed E-state index contributed by atoms with van der Waals surface area (Å²) in [5, 5.41) is 21.4. The molecule has 4 aromatic rings. The quantitative estimate of drug-likeness (QED) is 0.352. The second-order valence-corrected chi connectivity index (χ2v) is 7.58. The predicted molar refractivity (Wildman–Crippen MR) is 122 cm³/mol. The van der Waals surface area contributed by atoms with Crippen LogP contribution in [0.3, 0.4) is 0 Å². The molecule has 1 aliphatic heterocycles. The number of aromatic nitrogens is 3. The molecule has 1 aliphatic rings. The fourth-order valence-corrected chi connectivity index (χ4v) is 3.73. The molecule has 164 valence electrons. The van der Waals surface area contributed by atoms with E-state index in [1.54, 1.807) is 11.1 Å². The Balaban J connectivity index is 1.44. The van der Waals surface area contributed by atoms with Crippen LogP contribution in [-0.2, 0) is 4.74 Å². The van der Waals surface area contributed by atoms with E-state index in [-0.39, 0.29) is 25.5 Å². The molecule has 2 aromatic carbocycles. The first kappa shape index (κ1) is 20.3. The summed E-state index contributed by atoms with van der Waals surface area (Å²) in [6.07, 6.45) is 1.07. The van der Waals surface area contributed by atoms with Crippen LogP contribution in [0.15, 0.2) is 65.6 Å². The van der Waals surface area contributed by atoms with Gasteiger partial charge in [0.15, 0.2) is 5.82 Å². The lowest BCUT2D eigenvalue weighted by atomic mass is 10.0. The van der Waals surface area contributed by atoms with Crippen LogP contribution in [0.5, 0.6) is 0 Å². The van der Waals surface area contributed by atoms with Gasteiger partial charge in [0.1, 0.15) is 18.5 Å². The highest BCUT2D eigenvalue weighted by atomic mass is 16.5. The van der Waals surface area contributed by atoms with Gasteiger partial charge in [-0.25, -0.2) is 4.40 Å². The molecule has 32 heavy (non-hydrogen) atoms. The first-order valence-electron chi connectivity index (χ1n) is 10.3. The monoisotopic (exact) mass is 433 g/mol. The fraction of sp³-hybridized carbons (Fsp3) is 0.217. The number of imidazole rings is 1. The molecule has 0 saturated heterocycles. The molecular formula is C23H23N5O4. The fourth-order valence-electron chi connectivity index (χ4n) is 3.73. The first-order valence-corrected chi connectivity index (χ1v) is 10.3. The topological polar surface area (TPSA) is 115 Å². The van der Waals surface area contributed by atoms with Gasteiger partial charge in [0.25, 0.3) is 5.56 Å². The number of rotatable bonds is 7. The first-order chi connectivity index (χ1) is 15.7. The van der Waals surface area contributed by atoms with Crippen LogP contribution in [0.4, 0.5) is 11.5 Å². The number of aliphatic hydroxyl groups is 2. The molecule has 0 fully saturated rings. The van der Waals surface area contributed by atoms with E-state index in [1.807, 2.05) is 42.5 Å². The van der Waals surface area contributed by atoms with E-state index in [2.05, 4.69) is 27.4 Å². The Morgan fingerprint density at radius 1 is 1.00 bits per heavy atom. The van der Waals surface area contributed by atoms with Crippen LogP contribution in [0, 0.1) is 0 Å². The summed E-state index contributed by atoms with van der Waals surface area (Å²) in [6, 6.07) is 18.2. The van der Waals surface area contributed by atoms with E-state index in [4.69, 9.17) is 4.74 Å². The highest BCUT2D eigenvalue weighted by molar-refractivity contribution is 5.73. The average Bonchev–Trinajstić information content (AvgIpc) is 3.46. The zero-order valence-electron chi connectivity index (χ0n) is 17.2. The number of aliphatic hydroxyl groups excluding tert-OH is 2. The van der Waals surface area contributed by atoms with E-state index in [1.165, 1.54) is 4.40 Å². The van der Waals surface area contributed by atoms with E-state index in [0.717, 1.165) is 22.4 Å². The molecule has 0 bridgehead atoms. The molecule has 5 rings (SSSR count). The second kappa shape index (κ2) is 8.46. The number of fused-ring (bicyclic) bond motifs is 2. The summed E-state index contributed by atoms with van der Waals surface area (Å²) in [4.78, 5) is 22.6. The summed E-state index contributed by atoms with van der Waals surface area (Å²) in [7, 11) is 0. The zero-order chi connectivity index (χ0) is 22.1. The van der Waals surface area contributed by atoms with Gasteiger partial charge in [-0.15, -0.1) is 0 Å². The number of hydrogen-bond donors (Lipinski definition) is 4. The van der Waals surface area contributed by atoms with Gasteiger partial charge >= 0.3 is 0 Å². The van der Waals surface area contributed by atoms with Crippen molar-refractivity contribution in [1.82, 2.24) is 14.4 Å². The van der Waals surface area contributed by atoms with Gasteiger partial charge < -0.3 is 30.2 Å². The van der Waals surface area contributed by atoms with Crippen molar-refractivity contribution < 1.29 is 14.9 Å². The van der Waals surface area contributed by atoms with Gasteiger partial charge in [0.2, 0.25) is 5.78 Å². The molecule has 3 heterocycles. The van der Waals surface area contributed by atoms with E-state index in [9.17, 15) is 15.0 Å². The lowest BCUT2D eigenvalue weighted by Crippen LogP contribution is -2.32. The summed E-state index contributed by atoms with van der Waals surface area (Å²) < 4.78 is 6.97. The number of anilines is 2. The average molecular weight is 433 g/mol. The van der Waals surface area contributed by atoms with Crippen molar-refractivity contribution in [3.05, 3.63) is 71.1 Å². The third-order valence-corrected chi connectivity index (χ3v) is 5.52. The van der Waals surface area contributed by atoms with Gasteiger partial charge in [-0.05, 0) is 16.7 Å². The normalized spacial score (nSPS) is 13.0. The Bertz CT molecular complexity index is 1280. The van der Waals surface area contributed by atoms with Crippen molar-refractivity contribution in [3.8, 4) is 22.4 Å². The molecule has 0 aliphatic carbocycles. The van der Waals surface area contributed by atoms with Gasteiger partial charge in [0.05, 0.1) is 25.6 Å². The number of nitrogens with zero attached hydrogens (tertiary/aromatic N) is 3. The van der Waals surface area contributed by atoms with Gasteiger partial charge in [0, 0.05) is 6.20 Å². The number of hydrogen-bond acceptors (Lipinski definition) is 7. The van der Waals surface area contributed by atoms with Crippen LogP contribution >= 0.6 is 0 Å². The van der Waals surface area contributed by atoms with Crippen molar-refractivity contribution in [3.63, 3.8) is 0 Å². The maximum Gasteiger partial charge on any atom is 0.284 e. The number of benzene rings is 2. The van der Waals surface area contributed by atoms with Crippen LogP contribution in [0.2, 0.25) is 0 Å². The van der Waals surface area contributed by atoms with Crippen molar-refractivity contribution in [2.24, 2.45) is 0 Å². The minimum Gasteiger partial charge on any atom is -0.394 e. The lowest BCUT2D eigenvalue weighted by Gasteiger charge is -2.20. The predicted octanol–water partition coefficient (Wildman–Crippen LogP) is 1.87. The minimum absolute atomic E-state index is 0.0862. The van der Waals surface area contributed by atoms with Crippen LogP contribution in [0.25, 0.3) is 28.2 Å². The van der Waals surface area contributed by atoms with Crippen molar-refractivity contribution >= 4 is 17.3 Å². The third-order valence-electron chi connectivity index (χ3n) is 5.52. The highest BCUT2D eigenvalue weighted by Gasteiger charge is 2.26. The van der Waals surface area contributed by atoms with Crippen LogP contribution < -0.4 is 15.8 Å². The van der Waals surface area contributed by atoms with Crippen molar-refractivity contribution in [2.45, 2.75) is 6.10 Å². The lowest BCUT2D eigenvalue weighted by molar-refractivity contribution is -0.0186. The van der Waals surface area contributed by atoms with E-state index < -0.39 is 6.10 Å². The molecule has 2 aromatic heterocycles. The van der Waals surface area contributed by atoms with Crippen molar-refractivity contribution in [1.29, 1.82) is 0 Å². The van der Waals surface area contributed by atoms with E-state index in [0.29, 0.717) is 24.0 Å². The molecule has 0 atom stereocenters. The number of nitrogens with one attached hydrogen (secondary N) is 2. The standard InChI is InChI=1S/C23H23N5O4/c29-11-18(12-30)32-14-27-13-24-20-21(27)26-23-25-19(10-28(23)22(20)31)17-8-6-16(7-9-17)15-4-2-1-3-5-15/h1-10,18,24,29-30H,11-14H2,(H,25,26). The molecule has 9 nitrogen and oxygen atoms in total. The maximum atomic E-state index is 13.0. The molecule has 0 saturated carbocycles. The smallest absolute Gasteiger partial charge is 0.284 e. The van der Waals surface area contributed by atoms with Crippen LogP contribution in [-0.4, -0.2) is 57.3 Å². The number of H-pyrrole nitrogens is 1. The van der Waals surface area contributed by atoms with Gasteiger partial charge in [-0.1, -0.05) is 54.6 Å². The second-order valence-electron chi connectivity index (χ2n) is 7.58. The Morgan fingerprint density at radius 3 is 2.41 bits per heavy atom. The summed E-state index contributed by atoms with van der Waals surface area (Å²) in [6.45, 7) is -0.142. The van der Waals surface area contributed by atoms with Gasteiger partial charge in [-0.3, -0.25) is 4.79 Å². The zero-order valence-corrected chi connectivity index (χ0v) is 17.2. The molecule has 4 N–H and O–H groups in total. The molecule has 0 radical (unpaired) electrons. The van der Waals surface area contributed by atoms with Crippen molar-refractivity contribution in [2.75, 3.05) is 36.8 Å². The Labute approximate surface area is 183 Å². The minimum atomic E-state index is -0.681. The summed E-state index contributed by atoms with van der Waals surface area (Å²) in [5.74, 6) is 0.892. The largest absolute Gasteiger partial charge is 0.394 e. The molecule has 0 amide bonds. The Hall–Kier alpha value is -3.66. The van der Waals surface area contributed by atoms with Crippen LogP contribution in [0.1, 0.15) is 0 Å². The Kier molecular flexibility index (Phi) is 5.36. The van der Waals surface area contributed by atoms with Gasteiger partial charge in [-0.2, -0.15) is 4.98 Å². The number of ether oxygens (including phenoxy) is 1. The Morgan fingerprint density at radius 2 is 1.69 bits per heavy atom. The highest BCUT2D eigenvalue weighted by Crippen LogP contribution is 2.28. The molecular weight excluding hydrogens is 410 g/mol. The number of aromatic amines is 1. The summed E-state index contributed by atoms with van der Waals surface area (Å²) >= 11 is 0.